The lowest BCUT2D eigenvalue weighted by Crippen LogP contribution is -2.49. The summed E-state index contributed by atoms with van der Waals surface area (Å²) < 4.78 is 20.4. The van der Waals surface area contributed by atoms with Gasteiger partial charge in [-0.1, -0.05) is 37.3 Å². The molecule has 1 amide bonds. The van der Waals surface area contributed by atoms with Gasteiger partial charge >= 0.3 is 0 Å². The van der Waals surface area contributed by atoms with Crippen LogP contribution in [0.2, 0.25) is 0 Å². The highest BCUT2D eigenvalue weighted by Gasteiger charge is 2.32. The number of hydrogen-bond acceptors (Lipinski definition) is 3. The molecule has 2 atom stereocenters. The zero-order valence-corrected chi connectivity index (χ0v) is 18.0. The molecule has 1 fully saturated rings. The molecule has 158 valence electrons. The summed E-state index contributed by atoms with van der Waals surface area (Å²) in [7, 11) is 0. The van der Waals surface area contributed by atoms with E-state index in [1.54, 1.807) is 11.8 Å². The predicted octanol–water partition coefficient (Wildman–Crippen LogP) is 5.36. The molecule has 1 aliphatic rings. The molecule has 0 saturated carbocycles. The maximum atomic E-state index is 14.5. The molecule has 1 saturated heterocycles. The molecule has 0 bridgehead atoms. The van der Waals surface area contributed by atoms with Gasteiger partial charge in [0.15, 0.2) is 6.17 Å². The molecule has 3 aromatic rings. The fourth-order valence-electron chi connectivity index (χ4n) is 3.96. The van der Waals surface area contributed by atoms with Crippen LogP contribution in [0.25, 0.3) is 22.0 Å². The molecule has 4 nitrogen and oxygen atoms in total. The normalized spacial score (nSPS) is 18.7. The highest BCUT2D eigenvalue weighted by Crippen LogP contribution is 2.30. The van der Waals surface area contributed by atoms with E-state index >= 15 is 0 Å². The molecule has 0 radical (unpaired) electrons. The summed E-state index contributed by atoms with van der Waals surface area (Å²) in [6, 6.07) is 15.9. The quantitative estimate of drug-likeness (QED) is 0.561. The Morgan fingerprint density at radius 2 is 1.97 bits per heavy atom. The molecule has 1 aliphatic heterocycles. The Morgan fingerprint density at radius 1 is 1.20 bits per heavy atom. The number of benzene rings is 2. The highest BCUT2D eigenvalue weighted by molar-refractivity contribution is 5.88. The van der Waals surface area contributed by atoms with E-state index in [4.69, 9.17) is 4.74 Å². The lowest BCUT2D eigenvalue weighted by molar-refractivity contribution is -0.134. The van der Waals surface area contributed by atoms with Gasteiger partial charge < -0.3 is 9.64 Å². The highest BCUT2D eigenvalue weighted by atomic mass is 35.5. The average Bonchev–Trinajstić information content (AvgIpc) is 2.76. The van der Waals surface area contributed by atoms with Gasteiger partial charge in [0.1, 0.15) is 11.9 Å². The third-order valence-electron chi connectivity index (χ3n) is 5.62. The van der Waals surface area contributed by atoms with E-state index in [2.05, 4.69) is 30.1 Å². The van der Waals surface area contributed by atoms with Crippen molar-refractivity contribution in [2.24, 2.45) is 0 Å². The molecule has 0 spiro atoms. The van der Waals surface area contributed by atoms with E-state index in [1.807, 2.05) is 36.5 Å². The minimum atomic E-state index is -1.17. The lowest BCUT2D eigenvalue weighted by Gasteiger charge is -2.34. The minimum Gasteiger partial charge on any atom is -0.487 e. The van der Waals surface area contributed by atoms with Crippen LogP contribution in [0.4, 0.5) is 4.39 Å². The van der Waals surface area contributed by atoms with E-state index < -0.39 is 12.3 Å². The molecular formula is C24H26ClFN2O2. The minimum absolute atomic E-state index is 0. The van der Waals surface area contributed by atoms with Crippen molar-refractivity contribution in [2.75, 3.05) is 13.1 Å². The van der Waals surface area contributed by atoms with Crippen LogP contribution in [0.15, 0.2) is 54.7 Å². The second kappa shape index (κ2) is 9.43. The third-order valence-corrected chi connectivity index (χ3v) is 5.62. The number of halogens is 2. The number of alkyl halides is 1. The van der Waals surface area contributed by atoms with Gasteiger partial charge in [-0.15, -0.1) is 12.4 Å². The number of fused-ring (bicyclic) bond motifs is 1. The van der Waals surface area contributed by atoms with Crippen molar-refractivity contribution in [3.8, 4) is 16.9 Å². The molecular weight excluding hydrogens is 403 g/mol. The first-order chi connectivity index (χ1) is 14.1. The van der Waals surface area contributed by atoms with Gasteiger partial charge in [0.05, 0.1) is 12.1 Å². The smallest absolute Gasteiger partial charge is 0.222 e. The van der Waals surface area contributed by atoms with Crippen molar-refractivity contribution in [3.63, 3.8) is 0 Å². The molecule has 1 aromatic heterocycles. The molecule has 2 heterocycles. The SMILES string of the molecule is CCC(=O)N1CC[C@H](Oc2ccc(-c3ccc4cccnc4c3C)cc2)[C@H](F)C1.Cl. The van der Waals surface area contributed by atoms with Crippen LogP contribution >= 0.6 is 12.4 Å². The number of carbonyl (C=O) groups is 1. The molecule has 0 N–H and O–H groups in total. The number of likely N-dealkylation sites (tertiary alicyclic amines) is 1. The van der Waals surface area contributed by atoms with E-state index in [1.165, 1.54) is 0 Å². The van der Waals surface area contributed by atoms with Crippen LogP contribution < -0.4 is 4.74 Å². The predicted molar refractivity (Wildman–Crippen MR) is 120 cm³/mol. The first-order valence-electron chi connectivity index (χ1n) is 10.1. The Labute approximate surface area is 182 Å². The van der Waals surface area contributed by atoms with Gasteiger partial charge in [0.25, 0.3) is 0 Å². The van der Waals surface area contributed by atoms with Crippen LogP contribution in [0, 0.1) is 6.92 Å². The summed E-state index contributed by atoms with van der Waals surface area (Å²) in [5.41, 5.74) is 4.33. The fraction of sp³-hybridized carbons (Fsp3) is 0.333. The van der Waals surface area contributed by atoms with Crippen LogP contribution in [0.1, 0.15) is 25.3 Å². The largest absolute Gasteiger partial charge is 0.487 e. The molecule has 0 aliphatic carbocycles. The van der Waals surface area contributed by atoms with Gasteiger partial charge in [-0.05, 0) is 41.8 Å². The molecule has 6 heteroatoms. The van der Waals surface area contributed by atoms with Crippen molar-refractivity contribution in [1.82, 2.24) is 9.88 Å². The number of rotatable bonds is 4. The fourth-order valence-corrected chi connectivity index (χ4v) is 3.96. The molecule has 4 rings (SSSR count). The van der Waals surface area contributed by atoms with Crippen molar-refractivity contribution in [1.29, 1.82) is 0 Å². The first kappa shape index (κ1) is 22.0. The van der Waals surface area contributed by atoms with Gasteiger partial charge in [0, 0.05) is 31.0 Å². The molecule has 30 heavy (non-hydrogen) atoms. The summed E-state index contributed by atoms with van der Waals surface area (Å²) >= 11 is 0. The van der Waals surface area contributed by atoms with Crippen molar-refractivity contribution >= 4 is 29.2 Å². The average molecular weight is 429 g/mol. The van der Waals surface area contributed by atoms with Gasteiger partial charge in [-0.3, -0.25) is 9.78 Å². The van der Waals surface area contributed by atoms with Crippen molar-refractivity contribution in [3.05, 3.63) is 60.3 Å². The van der Waals surface area contributed by atoms with E-state index in [-0.39, 0.29) is 24.9 Å². The van der Waals surface area contributed by atoms with Crippen LogP contribution in [-0.4, -0.2) is 41.2 Å². The lowest BCUT2D eigenvalue weighted by atomic mass is 9.98. The second-order valence-corrected chi connectivity index (χ2v) is 7.49. The number of piperidine rings is 1. The van der Waals surface area contributed by atoms with Gasteiger partial charge in [0.2, 0.25) is 5.91 Å². The van der Waals surface area contributed by atoms with Gasteiger partial charge in [-0.2, -0.15) is 0 Å². The Morgan fingerprint density at radius 3 is 2.67 bits per heavy atom. The molecule has 2 aromatic carbocycles. The number of carbonyl (C=O) groups excluding carboxylic acids is 1. The third kappa shape index (κ3) is 4.41. The number of pyridine rings is 1. The van der Waals surface area contributed by atoms with E-state index in [9.17, 15) is 9.18 Å². The van der Waals surface area contributed by atoms with Crippen molar-refractivity contribution < 1.29 is 13.9 Å². The second-order valence-electron chi connectivity index (χ2n) is 7.49. The number of nitrogens with zero attached hydrogens (tertiary/aromatic N) is 2. The molecule has 0 unspecified atom stereocenters. The van der Waals surface area contributed by atoms with Crippen LogP contribution in [-0.2, 0) is 4.79 Å². The van der Waals surface area contributed by atoms with E-state index in [0.717, 1.165) is 27.6 Å². The Kier molecular flexibility index (Phi) is 6.93. The van der Waals surface area contributed by atoms with Crippen LogP contribution in [0.5, 0.6) is 5.75 Å². The van der Waals surface area contributed by atoms with Crippen LogP contribution in [0.3, 0.4) is 0 Å². The number of amides is 1. The number of aryl methyl sites for hydroxylation is 1. The Balaban J connectivity index is 0.00000256. The topological polar surface area (TPSA) is 42.4 Å². The maximum Gasteiger partial charge on any atom is 0.222 e. The Hall–Kier alpha value is -2.66. The monoisotopic (exact) mass is 428 g/mol. The zero-order valence-electron chi connectivity index (χ0n) is 17.2. The first-order valence-corrected chi connectivity index (χ1v) is 10.1. The number of ether oxygens (including phenoxy) is 1. The van der Waals surface area contributed by atoms with Gasteiger partial charge in [-0.25, -0.2) is 4.39 Å². The summed E-state index contributed by atoms with van der Waals surface area (Å²) in [6.07, 6.45) is 1.03. The van der Waals surface area contributed by atoms with E-state index in [0.29, 0.717) is 25.1 Å². The summed E-state index contributed by atoms with van der Waals surface area (Å²) in [5.74, 6) is 0.643. The number of hydrogen-bond donors (Lipinski definition) is 0. The maximum absolute atomic E-state index is 14.5. The standard InChI is InChI=1S/C24H25FN2O2.ClH/c1-3-23(28)27-14-12-22(21(25)15-27)29-19-9-6-17(7-10-19)20-11-8-18-5-4-13-26-24(18)16(20)2;/h4-11,13,21-22H,3,12,14-15H2,1-2H3;1H/t21-,22+;/m1./s1. The summed E-state index contributed by atoms with van der Waals surface area (Å²) in [5, 5.41) is 1.12. The summed E-state index contributed by atoms with van der Waals surface area (Å²) in [4.78, 5) is 17.9. The zero-order chi connectivity index (χ0) is 20.4. The Bertz CT molecular complexity index is 1030. The number of aromatic nitrogens is 1. The van der Waals surface area contributed by atoms with Crippen molar-refractivity contribution in [2.45, 2.75) is 39.0 Å². The summed E-state index contributed by atoms with van der Waals surface area (Å²) in [6.45, 7) is 4.53.